The molecule has 3 rings (SSSR count). The summed E-state index contributed by atoms with van der Waals surface area (Å²) in [6, 6.07) is 2.17. The topological polar surface area (TPSA) is 90.3 Å². The van der Waals surface area contributed by atoms with Crippen molar-refractivity contribution < 1.29 is 33.3 Å². The lowest BCUT2D eigenvalue weighted by atomic mass is 9.88. The van der Waals surface area contributed by atoms with Crippen LogP contribution in [-0.4, -0.2) is 51.3 Å². The van der Waals surface area contributed by atoms with Crippen LogP contribution in [0.25, 0.3) is 0 Å². The second kappa shape index (κ2) is 8.22. The van der Waals surface area contributed by atoms with Gasteiger partial charge in [0.1, 0.15) is 5.76 Å². The SMILES string of the molecule is CC(C)COC(=O)C1=C(O)C2(CCCC2)N(C)N(Cc2ccc(O)c(F)c2F)C1=O. The first-order valence-electron chi connectivity index (χ1n) is 9.92. The second-order valence-corrected chi connectivity index (χ2v) is 8.21. The van der Waals surface area contributed by atoms with E-state index in [0.29, 0.717) is 12.8 Å². The molecule has 0 bridgehead atoms. The minimum atomic E-state index is -1.41. The number of esters is 1. The molecule has 164 valence electrons. The first-order chi connectivity index (χ1) is 14.1. The number of rotatable bonds is 5. The number of halogens is 2. The third-order valence-electron chi connectivity index (χ3n) is 5.75. The molecule has 1 aromatic rings. The standard InChI is InChI=1S/C21H26F2N2O5/c1-12(2)11-30-20(29)15-18(27)21(8-4-5-9-21)24(3)25(19(15)28)10-13-6-7-14(26)17(23)16(13)22/h6-7,12,26-27H,4-5,8-11H2,1-3H3. The zero-order valence-corrected chi connectivity index (χ0v) is 17.2. The van der Waals surface area contributed by atoms with Crippen LogP contribution in [0, 0.1) is 17.6 Å². The maximum Gasteiger partial charge on any atom is 0.347 e. The second-order valence-electron chi connectivity index (χ2n) is 8.21. The van der Waals surface area contributed by atoms with E-state index in [1.54, 1.807) is 7.05 Å². The monoisotopic (exact) mass is 424 g/mol. The fourth-order valence-electron chi connectivity index (χ4n) is 4.04. The number of aliphatic hydroxyl groups excluding tert-OH is 1. The number of benzene rings is 1. The Kier molecular flexibility index (Phi) is 6.03. The van der Waals surface area contributed by atoms with Crippen molar-refractivity contribution in [1.29, 1.82) is 0 Å². The number of ether oxygens (including phenoxy) is 1. The molecule has 1 amide bonds. The van der Waals surface area contributed by atoms with Gasteiger partial charge in [0.15, 0.2) is 17.1 Å². The Labute approximate surface area is 173 Å². The minimum Gasteiger partial charge on any atom is -0.509 e. The molecule has 1 fully saturated rings. The summed E-state index contributed by atoms with van der Waals surface area (Å²) in [7, 11) is 1.57. The van der Waals surface area contributed by atoms with Gasteiger partial charge in [0.05, 0.1) is 18.7 Å². The highest BCUT2D eigenvalue weighted by molar-refractivity contribution is 6.17. The smallest absolute Gasteiger partial charge is 0.347 e. The molecule has 1 aliphatic carbocycles. The van der Waals surface area contributed by atoms with Gasteiger partial charge >= 0.3 is 5.97 Å². The Morgan fingerprint density at radius 3 is 2.43 bits per heavy atom. The fourth-order valence-corrected chi connectivity index (χ4v) is 4.04. The van der Waals surface area contributed by atoms with Crippen LogP contribution in [0.5, 0.6) is 5.75 Å². The van der Waals surface area contributed by atoms with E-state index in [2.05, 4.69) is 0 Å². The zero-order chi connectivity index (χ0) is 22.2. The molecule has 0 aromatic heterocycles. The molecule has 0 radical (unpaired) electrons. The van der Waals surface area contributed by atoms with Crippen molar-refractivity contribution in [2.45, 2.75) is 51.6 Å². The molecule has 1 spiro atoms. The molecule has 2 aliphatic rings. The Balaban J connectivity index is 2.02. The summed E-state index contributed by atoms with van der Waals surface area (Å²) < 4.78 is 33.3. The van der Waals surface area contributed by atoms with E-state index in [-0.39, 0.29) is 30.4 Å². The predicted octanol–water partition coefficient (Wildman–Crippen LogP) is 3.18. The lowest BCUT2D eigenvalue weighted by Gasteiger charge is -2.48. The number of phenolic OH excluding ortho intramolecular Hbond substituents is 1. The molecular weight excluding hydrogens is 398 g/mol. The van der Waals surface area contributed by atoms with E-state index < -0.39 is 40.4 Å². The lowest BCUT2D eigenvalue weighted by molar-refractivity contribution is -0.166. The number of hydrazine groups is 1. The minimum absolute atomic E-state index is 0.0312. The lowest BCUT2D eigenvalue weighted by Crippen LogP contribution is -2.61. The van der Waals surface area contributed by atoms with Crippen LogP contribution >= 0.6 is 0 Å². The summed E-state index contributed by atoms with van der Waals surface area (Å²) in [6.07, 6.45) is 2.53. The maximum atomic E-state index is 14.3. The number of carbonyl (C=O) groups is 2. The van der Waals surface area contributed by atoms with Gasteiger partial charge in [-0.25, -0.2) is 14.2 Å². The van der Waals surface area contributed by atoms with E-state index in [1.807, 2.05) is 13.8 Å². The number of aromatic hydroxyl groups is 1. The Morgan fingerprint density at radius 2 is 1.83 bits per heavy atom. The van der Waals surface area contributed by atoms with Gasteiger partial charge in [-0.15, -0.1) is 0 Å². The van der Waals surface area contributed by atoms with Crippen LogP contribution in [0.2, 0.25) is 0 Å². The quantitative estimate of drug-likeness (QED) is 0.557. The maximum absolute atomic E-state index is 14.3. The number of phenols is 1. The Morgan fingerprint density at radius 1 is 1.20 bits per heavy atom. The zero-order valence-electron chi connectivity index (χ0n) is 17.2. The number of carbonyl (C=O) groups excluding carboxylic acids is 2. The van der Waals surface area contributed by atoms with E-state index in [4.69, 9.17) is 4.74 Å². The summed E-state index contributed by atoms with van der Waals surface area (Å²) in [5.41, 5.74) is -1.64. The molecule has 1 aromatic carbocycles. The van der Waals surface area contributed by atoms with E-state index in [9.17, 15) is 28.6 Å². The summed E-state index contributed by atoms with van der Waals surface area (Å²) in [5.74, 6) is -5.62. The third-order valence-corrected chi connectivity index (χ3v) is 5.75. The highest BCUT2D eigenvalue weighted by Crippen LogP contribution is 2.45. The Bertz CT molecular complexity index is 894. The van der Waals surface area contributed by atoms with Crippen LogP contribution in [0.1, 0.15) is 45.1 Å². The molecule has 0 atom stereocenters. The van der Waals surface area contributed by atoms with Gasteiger partial charge in [-0.05, 0) is 24.8 Å². The average molecular weight is 424 g/mol. The number of hydrogen-bond acceptors (Lipinski definition) is 6. The Hall–Kier alpha value is -2.68. The third kappa shape index (κ3) is 3.62. The van der Waals surface area contributed by atoms with Gasteiger partial charge < -0.3 is 14.9 Å². The van der Waals surface area contributed by atoms with Crippen molar-refractivity contribution in [2.24, 2.45) is 5.92 Å². The summed E-state index contributed by atoms with van der Waals surface area (Å²) in [4.78, 5) is 25.8. The van der Waals surface area contributed by atoms with Crippen LogP contribution in [-0.2, 0) is 20.9 Å². The van der Waals surface area contributed by atoms with Gasteiger partial charge in [0.25, 0.3) is 5.91 Å². The molecule has 0 unspecified atom stereocenters. The van der Waals surface area contributed by atoms with Crippen LogP contribution in [0.3, 0.4) is 0 Å². The molecule has 1 heterocycles. The highest BCUT2D eigenvalue weighted by Gasteiger charge is 2.53. The first-order valence-corrected chi connectivity index (χ1v) is 9.92. The van der Waals surface area contributed by atoms with E-state index in [1.165, 1.54) is 11.1 Å². The van der Waals surface area contributed by atoms with Crippen molar-refractivity contribution in [3.8, 4) is 5.75 Å². The van der Waals surface area contributed by atoms with E-state index in [0.717, 1.165) is 23.9 Å². The van der Waals surface area contributed by atoms with Gasteiger partial charge in [0, 0.05) is 12.6 Å². The number of amides is 1. The molecule has 0 saturated heterocycles. The van der Waals surface area contributed by atoms with Gasteiger partial charge in [-0.2, -0.15) is 4.39 Å². The van der Waals surface area contributed by atoms with Gasteiger partial charge in [-0.3, -0.25) is 9.80 Å². The van der Waals surface area contributed by atoms with Gasteiger partial charge in [-0.1, -0.05) is 32.8 Å². The summed E-state index contributed by atoms with van der Waals surface area (Å²) in [5, 5.41) is 22.9. The van der Waals surface area contributed by atoms with E-state index >= 15 is 0 Å². The van der Waals surface area contributed by atoms with Crippen molar-refractivity contribution in [3.63, 3.8) is 0 Å². The normalized spacial score (nSPS) is 19.3. The number of nitrogens with zero attached hydrogens (tertiary/aromatic N) is 2. The molecule has 2 N–H and O–H groups in total. The molecule has 1 saturated carbocycles. The number of aliphatic hydroxyl groups is 1. The molecule has 1 aliphatic heterocycles. The summed E-state index contributed by atoms with van der Waals surface area (Å²) in [6.45, 7) is 3.37. The average Bonchev–Trinajstić information content (AvgIpc) is 3.19. The van der Waals surface area contributed by atoms with Crippen LogP contribution < -0.4 is 0 Å². The number of likely N-dealkylation sites (N-methyl/N-ethyl adjacent to an activating group) is 1. The van der Waals surface area contributed by atoms with Crippen LogP contribution in [0.15, 0.2) is 23.5 Å². The van der Waals surface area contributed by atoms with Crippen molar-refractivity contribution >= 4 is 11.9 Å². The predicted molar refractivity (Wildman–Crippen MR) is 103 cm³/mol. The molecular formula is C21H26F2N2O5. The first kappa shape index (κ1) is 22.0. The molecule has 9 heteroatoms. The number of hydrogen-bond donors (Lipinski definition) is 2. The largest absolute Gasteiger partial charge is 0.509 e. The highest BCUT2D eigenvalue weighted by atomic mass is 19.2. The molecule has 7 nitrogen and oxygen atoms in total. The van der Waals surface area contributed by atoms with Crippen LogP contribution in [0.4, 0.5) is 8.78 Å². The van der Waals surface area contributed by atoms with Crippen molar-refractivity contribution in [3.05, 3.63) is 40.7 Å². The van der Waals surface area contributed by atoms with Gasteiger partial charge in [0.2, 0.25) is 5.82 Å². The molecule has 30 heavy (non-hydrogen) atoms. The van der Waals surface area contributed by atoms with Crippen molar-refractivity contribution in [1.82, 2.24) is 10.0 Å². The summed E-state index contributed by atoms with van der Waals surface area (Å²) >= 11 is 0. The van der Waals surface area contributed by atoms with Crippen molar-refractivity contribution in [2.75, 3.05) is 13.7 Å². The fraction of sp³-hybridized carbons (Fsp3) is 0.524.